The maximum atomic E-state index is 3.51. The van der Waals surface area contributed by atoms with Gasteiger partial charge in [0.1, 0.15) is 0 Å². The van der Waals surface area contributed by atoms with Gasteiger partial charge in [-0.3, -0.25) is 10.9 Å². The predicted octanol–water partition coefficient (Wildman–Crippen LogP) is 2.46. The molecule has 2 aliphatic rings. The largest absolute Gasteiger partial charge is 0.254 e. The number of nitrogens with one attached hydrogen (secondary N) is 2. The second kappa shape index (κ2) is 4.63. The van der Waals surface area contributed by atoms with Crippen molar-refractivity contribution >= 4 is 0 Å². The van der Waals surface area contributed by atoms with E-state index in [1.165, 1.54) is 38.5 Å². The fourth-order valence-electron chi connectivity index (χ4n) is 2.89. The summed E-state index contributed by atoms with van der Waals surface area (Å²) in [7, 11) is 0. The first-order chi connectivity index (χ1) is 6.77. The van der Waals surface area contributed by atoms with Crippen LogP contribution in [-0.2, 0) is 0 Å². The summed E-state index contributed by atoms with van der Waals surface area (Å²) in [5.41, 5.74) is 6.96. The van der Waals surface area contributed by atoms with Crippen LogP contribution in [0.3, 0.4) is 0 Å². The summed E-state index contributed by atoms with van der Waals surface area (Å²) >= 11 is 0. The van der Waals surface area contributed by atoms with Gasteiger partial charge in [-0.1, -0.05) is 33.1 Å². The van der Waals surface area contributed by atoms with Gasteiger partial charge in [0.15, 0.2) is 0 Å². The zero-order chi connectivity index (χ0) is 9.97. The number of hydrogen-bond acceptors (Lipinski definition) is 2. The lowest BCUT2D eigenvalue weighted by atomic mass is 9.82. The van der Waals surface area contributed by atoms with E-state index < -0.39 is 0 Å². The van der Waals surface area contributed by atoms with Gasteiger partial charge in [-0.25, -0.2) is 0 Å². The molecule has 0 aromatic carbocycles. The van der Waals surface area contributed by atoms with Gasteiger partial charge in [0, 0.05) is 12.1 Å². The standard InChI is InChI=1S/C12H24N2/c1-9(2)11-8-12(14-13-11)10-6-4-3-5-7-10/h9-14H,3-8H2,1-2H3. The highest BCUT2D eigenvalue weighted by atomic mass is 15.4. The molecule has 2 nitrogen and oxygen atoms in total. The topological polar surface area (TPSA) is 24.1 Å². The van der Waals surface area contributed by atoms with Crippen LogP contribution in [0.5, 0.6) is 0 Å². The summed E-state index contributed by atoms with van der Waals surface area (Å²) in [6.45, 7) is 4.62. The van der Waals surface area contributed by atoms with Gasteiger partial charge in [-0.15, -0.1) is 0 Å². The van der Waals surface area contributed by atoms with E-state index in [0.717, 1.165) is 17.9 Å². The van der Waals surface area contributed by atoms with E-state index in [2.05, 4.69) is 24.7 Å². The van der Waals surface area contributed by atoms with Crippen LogP contribution in [0.2, 0.25) is 0 Å². The van der Waals surface area contributed by atoms with E-state index in [4.69, 9.17) is 0 Å². The Kier molecular flexibility index (Phi) is 3.45. The quantitative estimate of drug-likeness (QED) is 0.709. The van der Waals surface area contributed by atoms with Gasteiger partial charge in [-0.05, 0) is 31.1 Å². The molecule has 14 heavy (non-hydrogen) atoms. The van der Waals surface area contributed by atoms with Crippen LogP contribution in [0.25, 0.3) is 0 Å². The van der Waals surface area contributed by atoms with Crippen LogP contribution < -0.4 is 10.9 Å². The highest BCUT2D eigenvalue weighted by Crippen LogP contribution is 2.30. The molecular weight excluding hydrogens is 172 g/mol. The first kappa shape index (κ1) is 10.4. The molecular formula is C12H24N2. The molecule has 2 N–H and O–H groups in total. The first-order valence-corrected chi connectivity index (χ1v) is 6.28. The van der Waals surface area contributed by atoms with Crippen molar-refractivity contribution in [3.05, 3.63) is 0 Å². The van der Waals surface area contributed by atoms with Crippen molar-refractivity contribution in [2.75, 3.05) is 0 Å². The van der Waals surface area contributed by atoms with E-state index in [0.29, 0.717) is 6.04 Å². The van der Waals surface area contributed by atoms with Gasteiger partial charge in [0.25, 0.3) is 0 Å². The average molecular weight is 196 g/mol. The Morgan fingerprint density at radius 3 is 2.29 bits per heavy atom. The van der Waals surface area contributed by atoms with Crippen LogP contribution in [0.4, 0.5) is 0 Å². The molecule has 1 saturated heterocycles. The molecule has 2 atom stereocenters. The molecule has 0 radical (unpaired) electrons. The van der Waals surface area contributed by atoms with E-state index in [1.54, 1.807) is 0 Å². The molecule has 1 aliphatic carbocycles. The lowest BCUT2D eigenvalue weighted by Crippen LogP contribution is -2.38. The average Bonchev–Trinajstić information content (AvgIpc) is 2.68. The van der Waals surface area contributed by atoms with Gasteiger partial charge >= 0.3 is 0 Å². The SMILES string of the molecule is CC(C)C1CC(C2CCCCC2)NN1. The van der Waals surface area contributed by atoms with Gasteiger partial charge in [0.2, 0.25) is 0 Å². The Hall–Kier alpha value is -0.0800. The lowest BCUT2D eigenvalue weighted by molar-refractivity contribution is 0.280. The minimum Gasteiger partial charge on any atom is -0.254 e. The Morgan fingerprint density at radius 1 is 1.00 bits per heavy atom. The Bertz CT molecular complexity index is 173. The van der Waals surface area contributed by atoms with E-state index >= 15 is 0 Å². The van der Waals surface area contributed by atoms with Crippen molar-refractivity contribution in [2.24, 2.45) is 11.8 Å². The van der Waals surface area contributed by atoms with Crippen molar-refractivity contribution in [1.82, 2.24) is 10.9 Å². The Morgan fingerprint density at radius 2 is 1.71 bits per heavy atom. The molecule has 0 amide bonds. The Balaban J connectivity index is 1.82. The summed E-state index contributed by atoms with van der Waals surface area (Å²) in [6, 6.07) is 1.45. The molecule has 0 spiro atoms. The van der Waals surface area contributed by atoms with Crippen molar-refractivity contribution in [2.45, 2.75) is 64.5 Å². The third-order valence-electron chi connectivity index (χ3n) is 3.99. The summed E-state index contributed by atoms with van der Waals surface area (Å²) < 4.78 is 0. The first-order valence-electron chi connectivity index (χ1n) is 6.28. The van der Waals surface area contributed by atoms with Crippen molar-refractivity contribution in [3.63, 3.8) is 0 Å². The molecule has 2 fully saturated rings. The molecule has 2 rings (SSSR count). The van der Waals surface area contributed by atoms with Gasteiger partial charge in [-0.2, -0.15) is 0 Å². The van der Waals surface area contributed by atoms with E-state index in [-0.39, 0.29) is 0 Å². The second-order valence-electron chi connectivity index (χ2n) is 5.38. The van der Waals surface area contributed by atoms with Gasteiger partial charge < -0.3 is 0 Å². The zero-order valence-electron chi connectivity index (χ0n) is 9.55. The van der Waals surface area contributed by atoms with Crippen LogP contribution >= 0.6 is 0 Å². The van der Waals surface area contributed by atoms with Crippen molar-refractivity contribution in [3.8, 4) is 0 Å². The normalized spacial score (nSPS) is 35.4. The van der Waals surface area contributed by atoms with E-state index in [9.17, 15) is 0 Å². The Labute approximate surface area is 87.8 Å². The monoisotopic (exact) mass is 196 g/mol. The molecule has 1 aliphatic heterocycles. The minimum atomic E-state index is 0.696. The summed E-state index contributed by atoms with van der Waals surface area (Å²) in [5, 5.41) is 0. The molecule has 2 heteroatoms. The fraction of sp³-hybridized carbons (Fsp3) is 1.00. The van der Waals surface area contributed by atoms with Crippen LogP contribution in [0, 0.1) is 11.8 Å². The molecule has 1 heterocycles. The fourth-order valence-corrected chi connectivity index (χ4v) is 2.89. The predicted molar refractivity (Wildman–Crippen MR) is 59.9 cm³/mol. The number of hydrogen-bond donors (Lipinski definition) is 2. The highest BCUT2D eigenvalue weighted by Gasteiger charge is 2.31. The lowest BCUT2D eigenvalue weighted by Gasteiger charge is -2.26. The smallest absolute Gasteiger partial charge is 0.0256 e. The number of hydrazine groups is 1. The maximum absolute atomic E-state index is 3.51. The third kappa shape index (κ3) is 2.29. The summed E-state index contributed by atoms with van der Waals surface area (Å²) in [4.78, 5) is 0. The van der Waals surface area contributed by atoms with Crippen LogP contribution in [0.15, 0.2) is 0 Å². The van der Waals surface area contributed by atoms with E-state index in [1.807, 2.05) is 0 Å². The van der Waals surface area contributed by atoms with Crippen molar-refractivity contribution in [1.29, 1.82) is 0 Å². The maximum Gasteiger partial charge on any atom is 0.0256 e. The number of rotatable bonds is 2. The minimum absolute atomic E-state index is 0.696. The van der Waals surface area contributed by atoms with Crippen LogP contribution in [-0.4, -0.2) is 12.1 Å². The second-order valence-corrected chi connectivity index (χ2v) is 5.38. The molecule has 0 bridgehead atoms. The van der Waals surface area contributed by atoms with Crippen molar-refractivity contribution < 1.29 is 0 Å². The van der Waals surface area contributed by atoms with Crippen LogP contribution in [0.1, 0.15) is 52.4 Å². The highest BCUT2D eigenvalue weighted by molar-refractivity contribution is 4.88. The zero-order valence-corrected chi connectivity index (χ0v) is 9.55. The molecule has 2 unspecified atom stereocenters. The molecule has 1 saturated carbocycles. The summed E-state index contributed by atoms with van der Waals surface area (Å²) in [5.74, 6) is 1.70. The molecule has 82 valence electrons. The summed E-state index contributed by atoms with van der Waals surface area (Å²) in [6.07, 6.45) is 8.60. The third-order valence-corrected chi connectivity index (χ3v) is 3.99. The molecule has 0 aromatic heterocycles. The van der Waals surface area contributed by atoms with Gasteiger partial charge in [0.05, 0.1) is 0 Å². The molecule has 0 aromatic rings.